The van der Waals surface area contributed by atoms with Crippen LogP contribution in [-0.2, 0) is 19.9 Å². The third-order valence-electron chi connectivity index (χ3n) is 6.50. The third-order valence-corrected chi connectivity index (χ3v) is 6.50. The molecular formula is C19H26N4O. The summed E-state index contributed by atoms with van der Waals surface area (Å²) in [5.74, 6) is 0. The van der Waals surface area contributed by atoms with E-state index in [4.69, 9.17) is 5.10 Å². The Morgan fingerprint density at radius 3 is 2.58 bits per heavy atom. The number of pyridine rings is 1. The molecule has 5 rings (SSSR count). The molecule has 1 atom stereocenters. The summed E-state index contributed by atoms with van der Waals surface area (Å²) in [6.45, 7) is 1.21. The highest BCUT2D eigenvalue weighted by molar-refractivity contribution is 5.84. The average Bonchev–Trinajstić information content (AvgIpc) is 3.12. The zero-order valence-electron chi connectivity index (χ0n) is 14.5. The highest BCUT2D eigenvalue weighted by Crippen LogP contribution is 2.41. The molecule has 3 aliphatic rings. The maximum absolute atomic E-state index is 12.5. The van der Waals surface area contributed by atoms with Gasteiger partial charge in [0.1, 0.15) is 5.65 Å². The lowest BCUT2D eigenvalue weighted by molar-refractivity contribution is 0.112. The number of nitrogens with zero attached hydrogens (tertiary/aromatic N) is 3. The van der Waals surface area contributed by atoms with Gasteiger partial charge in [-0.3, -0.25) is 14.4 Å². The number of fused-ring (bicyclic) bond motifs is 3. The predicted octanol–water partition coefficient (Wildman–Crippen LogP) is 2.83. The van der Waals surface area contributed by atoms with Gasteiger partial charge in [0.05, 0.1) is 11.7 Å². The van der Waals surface area contributed by atoms with E-state index in [9.17, 15) is 4.79 Å². The Balaban J connectivity index is 1.69. The number of aromatic nitrogens is 3. The van der Waals surface area contributed by atoms with Crippen LogP contribution in [0.1, 0.15) is 67.8 Å². The van der Waals surface area contributed by atoms with Crippen LogP contribution in [-0.4, -0.2) is 32.3 Å². The van der Waals surface area contributed by atoms with Crippen molar-refractivity contribution in [1.82, 2.24) is 19.7 Å². The molecular weight excluding hydrogens is 300 g/mol. The van der Waals surface area contributed by atoms with Crippen LogP contribution >= 0.6 is 0 Å². The summed E-state index contributed by atoms with van der Waals surface area (Å²) in [7, 11) is 1.97. The van der Waals surface area contributed by atoms with Gasteiger partial charge in [0.25, 0.3) is 5.56 Å². The number of aromatic amines is 1. The lowest BCUT2D eigenvalue weighted by atomic mass is 9.88. The quantitative estimate of drug-likeness (QED) is 0.923. The van der Waals surface area contributed by atoms with E-state index < -0.39 is 0 Å². The van der Waals surface area contributed by atoms with Gasteiger partial charge in [0.15, 0.2) is 0 Å². The monoisotopic (exact) mass is 326 g/mol. The van der Waals surface area contributed by atoms with E-state index in [1.807, 2.05) is 11.7 Å². The molecule has 0 spiro atoms. The molecule has 128 valence electrons. The summed E-state index contributed by atoms with van der Waals surface area (Å²) >= 11 is 0. The summed E-state index contributed by atoms with van der Waals surface area (Å²) in [5, 5.41) is 6.18. The molecule has 1 N–H and O–H groups in total. The molecule has 24 heavy (non-hydrogen) atoms. The first-order valence-corrected chi connectivity index (χ1v) is 9.60. The Morgan fingerprint density at radius 2 is 1.83 bits per heavy atom. The van der Waals surface area contributed by atoms with Crippen LogP contribution in [0.5, 0.6) is 0 Å². The molecule has 0 aromatic carbocycles. The fourth-order valence-corrected chi connectivity index (χ4v) is 5.07. The van der Waals surface area contributed by atoms with Gasteiger partial charge in [-0.25, -0.2) is 0 Å². The second-order valence-corrected chi connectivity index (χ2v) is 7.83. The molecule has 2 aliphatic carbocycles. The highest BCUT2D eigenvalue weighted by atomic mass is 16.1. The van der Waals surface area contributed by atoms with Gasteiger partial charge in [0.2, 0.25) is 0 Å². The van der Waals surface area contributed by atoms with Gasteiger partial charge in [-0.15, -0.1) is 0 Å². The second-order valence-electron chi connectivity index (χ2n) is 7.83. The van der Waals surface area contributed by atoms with Crippen LogP contribution in [0.3, 0.4) is 0 Å². The Hall–Kier alpha value is -1.62. The Bertz CT molecular complexity index is 845. The van der Waals surface area contributed by atoms with E-state index in [0.717, 1.165) is 36.5 Å². The standard InChI is InChI=1S/C19H26N4O/c1-22-18-16(13-8-2-3-9-14(13)19(24)20-18)17(21-22)15-10-5-11-23(15)12-6-4-7-12/h12,15H,2-11H2,1H3,(H,20,24). The number of hydrogen-bond donors (Lipinski definition) is 1. The van der Waals surface area contributed by atoms with Crippen molar-refractivity contribution in [3.8, 4) is 0 Å². The lowest BCUT2D eigenvalue weighted by Gasteiger charge is -2.38. The zero-order valence-corrected chi connectivity index (χ0v) is 14.5. The molecule has 1 unspecified atom stereocenters. The zero-order chi connectivity index (χ0) is 16.3. The number of likely N-dealkylation sites (tertiary alicyclic amines) is 1. The van der Waals surface area contributed by atoms with Crippen molar-refractivity contribution >= 4 is 11.0 Å². The summed E-state index contributed by atoms with van der Waals surface area (Å²) in [6.07, 6.45) is 10.8. The van der Waals surface area contributed by atoms with E-state index in [1.165, 1.54) is 61.7 Å². The van der Waals surface area contributed by atoms with E-state index in [1.54, 1.807) is 0 Å². The van der Waals surface area contributed by atoms with Crippen molar-refractivity contribution in [3.05, 3.63) is 27.2 Å². The molecule has 5 heteroatoms. The summed E-state index contributed by atoms with van der Waals surface area (Å²) < 4.78 is 1.90. The Labute approximate surface area is 142 Å². The van der Waals surface area contributed by atoms with Crippen molar-refractivity contribution in [2.75, 3.05) is 6.54 Å². The molecule has 2 aromatic heterocycles. The topological polar surface area (TPSA) is 53.9 Å². The average molecular weight is 326 g/mol. The van der Waals surface area contributed by atoms with E-state index >= 15 is 0 Å². The molecule has 5 nitrogen and oxygen atoms in total. The highest BCUT2D eigenvalue weighted by Gasteiger charge is 2.37. The fourth-order valence-electron chi connectivity index (χ4n) is 5.07. The Kier molecular flexibility index (Phi) is 3.34. The molecule has 1 saturated carbocycles. The molecule has 0 radical (unpaired) electrons. The first-order valence-electron chi connectivity index (χ1n) is 9.60. The van der Waals surface area contributed by atoms with Gasteiger partial charge in [-0.2, -0.15) is 5.10 Å². The SMILES string of the molecule is Cn1nc(C2CCCN2C2CCC2)c2c3c(c(=O)[nH]c21)CCCC3. The lowest BCUT2D eigenvalue weighted by Crippen LogP contribution is -2.39. The van der Waals surface area contributed by atoms with Crippen molar-refractivity contribution in [1.29, 1.82) is 0 Å². The summed E-state index contributed by atoms with van der Waals surface area (Å²) in [6, 6.07) is 1.20. The van der Waals surface area contributed by atoms with Crippen LogP contribution < -0.4 is 5.56 Å². The van der Waals surface area contributed by atoms with Crippen molar-refractivity contribution in [2.24, 2.45) is 7.05 Å². The fraction of sp³-hybridized carbons (Fsp3) is 0.684. The number of nitrogens with one attached hydrogen (secondary N) is 1. The molecule has 2 fully saturated rings. The molecule has 1 aliphatic heterocycles. The molecule has 0 bridgehead atoms. The minimum absolute atomic E-state index is 0.106. The van der Waals surface area contributed by atoms with Crippen LogP contribution in [0.4, 0.5) is 0 Å². The van der Waals surface area contributed by atoms with Crippen LogP contribution in [0.2, 0.25) is 0 Å². The van der Waals surface area contributed by atoms with Gasteiger partial charge in [-0.05, 0) is 63.5 Å². The van der Waals surface area contributed by atoms with Crippen molar-refractivity contribution in [2.45, 2.75) is 69.9 Å². The van der Waals surface area contributed by atoms with Crippen LogP contribution in [0, 0.1) is 0 Å². The van der Waals surface area contributed by atoms with E-state index in [-0.39, 0.29) is 5.56 Å². The number of H-pyrrole nitrogens is 1. The molecule has 0 amide bonds. The van der Waals surface area contributed by atoms with E-state index in [2.05, 4.69) is 9.88 Å². The molecule has 3 heterocycles. The molecule has 1 saturated heterocycles. The van der Waals surface area contributed by atoms with Crippen molar-refractivity contribution < 1.29 is 0 Å². The van der Waals surface area contributed by atoms with Gasteiger partial charge in [-0.1, -0.05) is 6.42 Å². The van der Waals surface area contributed by atoms with E-state index in [0.29, 0.717) is 6.04 Å². The first kappa shape index (κ1) is 14.7. The normalized spacial score (nSPS) is 25.1. The number of rotatable bonds is 2. The summed E-state index contributed by atoms with van der Waals surface area (Å²) in [5.41, 5.74) is 4.58. The van der Waals surface area contributed by atoms with Gasteiger partial charge >= 0.3 is 0 Å². The largest absolute Gasteiger partial charge is 0.307 e. The molecule has 2 aromatic rings. The van der Waals surface area contributed by atoms with Crippen LogP contribution in [0.15, 0.2) is 4.79 Å². The van der Waals surface area contributed by atoms with Gasteiger partial charge < -0.3 is 4.98 Å². The number of hydrogen-bond acceptors (Lipinski definition) is 3. The van der Waals surface area contributed by atoms with Gasteiger partial charge in [0, 0.05) is 24.0 Å². The smallest absolute Gasteiger partial charge is 0.253 e. The minimum atomic E-state index is 0.106. The maximum atomic E-state index is 12.5. The summed E-state index contributed by atoms with van der Waals surface area (Å²) in [4.78, 5) is 18.3. The second kappa shape index (κ2) is 5.45. The van der Waals surface area contributed by atoms with Crippen LogP contribution in [0.25, 0.3) is 11.0 Å². The van der Waals surface area contributed by atoms with Crippen molar-refractivity contribution in [3.63, 3.8) is 0 Å². The Morgan fingerprint density at radius 1 is 1.04 bits per heavy atom. The maximum Gasteiger partial charge on any atom is 0.253 e. The number of aryl methyl sites for hydroxylation is 2. The predicted molar refractivity (Wildman–Crippen MR) is 94.3 cm³/mol. The minimum Gasteiger partial charge on any atom is -0.307 e. The third kappa shape index (κ3) is 2.03. The first-order chi connectivity index (χ1) is 11.7.